The number of rotatable bonds is 9. The molecule has 1 aliphatic heterocycles. The minimum atomic E-state index is -1.82. The number of halogens is 6. The van der Waals surface area contributed by atoms with Crippen molar-refractivity contribution in [2.24, 2.45) is 5.92 Å². The minimum Gasteiger partial charge on any atom is -0.487 e. The first-order valence-corrected chi connectivity index (χ1v) is 12.0. The highest BCUT2D eigenvalue weighted by molar-refractivity contribution is 5.48. The van der Waals surface area contributed by atoms with Gasteiger partial charge in [-0.3, -0.25) is 0 Å². The zero-order valence-electron chi connectivity index (χ0n) is 20.2. The lowest BCUT2D eigenvalue weighted by molar-refractivity contribution is -0.206. The Hall–Kier alpha value is -2.70. The van der Waals surface area contributed by atoms with Crippen LogP contribution in [-0.4, -0.2) is 19.8 Å². The maximum atomic E-state index is 14.6. The molecule has 1 heterocycles. The molecule has 3 rings (SSSR count). The Kier molecular flexibility index (Phi) is 10.1. The molecule has 3 nitrogen and oxygen atoms in total. The average molecular weight is 515 g/mol. The molecule has 1 saturated heterocycles. The van der Waals surface area contributed by atoms with Crippen LogP contribution in [0.5, 0.6) is 5.75 Å². The Balaban J connectivity index is 1.79. The highest BCUT2D eigenvalue weighted by Crippen LogP contribution is 2.31. The molecule has 0 radical (unpaired) electrons. The molecule has 0 spiro atoms. The van der Waals surface area contributed by atoms with Gasteiger partial charge in [0.15, 0.2) is 23.7 Å². The molecule has 2 aromatic rings. The molecule has 196 valence electrons. The van der Waals surface area contributed by atoms with E-state index < -0.39 is 58.1 Å². The van der Waals surface area contributed by atoms with Gasteiger partial charge in [0.25, 0.3) is 0 Å². The van der Waals surface area contributed by atoms with Gasteiger partial charge in [-0.1, -0.05) is 51.4 Å². The van der Waals surface area contributed by atoms with Crippen LogP contribution in [0.1, 0.15) is 75.4 Å². The minimum absolute atomic E-state index is 0.0746. The van der Waals surface area contributed by atoms with Crippen molar-refractivity contribution in [1.82, 2.24) is 0 Å². The first-order valence-electron chi connectivity index (χ1n) is 12.0. The van der Waals surface area contributed by atoms with Crippen molar-refractivity contribution >= 4 is 0 Å². The van der Waals surface area contributed by atoms with Crippen LogP contribution in [0.4, 0.5) is 26.3 Å². The molecule has 0 N–H and O–H groups in total. The summed E-state index contributed by atoms with van der Waals surface area (Å²) >= 11 is 0. The number of hydrogen-bond donors (Lipinski definition) is 0. The van der Waals surface area contributed by atoms with Crippen molar-refractivity contribution in [1.29, 1.82) is 0 Å². The van der Waals surface area contributed by atoms with Gasteiger partial charge >= 0.3 is 0 Å². The highest BCUT2D eigenvalue weighted by Gasteiger charge is 2.27. The molecular formula is C27H28F6O3. The largest absolute Gasteiger partial charge is 0.487 e. The first-order chi connectivity index (χ1) is 17.3. The van der Waals surface area contributed by atoms with Gasteiger partial charge in [-0.25, -0.2) is 17.6 Å². The summed E-state index contributed by atoms with van der Waals surface area (Å²) in [6.45, 7) is 4.51. The third-order valence-electron chi connectivity index (χ3n) is 5.80. The summed E-state index contributed by atoms with van der Waals surface area (Å²) in [6, 6.07) is 1.88. The van der Waals surface area contributed by atoms with E-state index in [2.05, 4.69) is 6.92 Å². The van der Waals surface area contributed by atoms with Gasteiger partial charge < -0.3 is 14.2 Å². The fraction of sp³-hybridized carbons (Fsp3) is 0.481. The Bertz CT molecular complexity index is 1060. The highest BCUT2D eigenvalue weighted by atomic mass is 19.2. The Labute approximate surface area is 206 Å². The summed E-state index contributed by atoms with van der Waals surface area (Å²) in [7, 11) is 0. The molecule has 0 bridgehead atoms. The van der Waals surface area contributed by atoms with Gasteiger partial charge in [0.1, 0.15) is 17.2 Å². The Morgan fingerprint density at radius 3 is 1.89 bits per heavy atom. The monoisotopic (exact) mass is 514 g/mol. The van der Waals surface area contributed by atoms with E-state index in [9.17, 15) is 26.3 Å². The summed E-state index contributed by atoms with van der Waals surface area (Å²) in [4.78, 5) is 0. The Morgan fingerprint density at radius 1 is 0.778 bits per heavy atom. The van der Waals surface area contributed by atoms with Crippen LogP contribution < -0.4 is 4.74 Å². The molecule has 0 saturated carbocycles. The molecule has 0 aliphatic carbocycles. The summed E-state index contributed by atoms with van der Waals surface area (Å²) in [5, 5.41) is 0. The lowest BCUT2D eigenvalue weighted by Gasteiger charge is -2.29. The van der Waals surface area contributed by atoms with Gasteiger partial charge in [0, 0.05) is 11.5 Å². The maximum Gasteiger partial charge on any atom is 0.205 e. The van der Waals surface area contributed by atoms with Gasteiger partial charge in [-0.2, -0.15) is 8.78 Å². The predicted molar refractivity (Wildman–Crippen MR) is 121 cm³/mol. The number of ether oxygens (including phenoxy) is 3. The van der Waals surface area contributed by atoms with Crippen molar-refractivity contribution in [2.45, 2.75) is 58.7 Å². The van der Waals surface area contributed by atoms with Gasteiger partial charge in [0.2, 0.25) is 11.6 Å². The van der Waals surface area contributed by atoms with Crippen LogP contribution in [-0.2, 0) is 9.47 Å². The molecule has 0 amide bonds. The molecule has 36 heavy (non-hydrogen) atoms. The summed E-state index contributed by atoms with van der Waals surface area (Å²) in [5.74, 6) is -6.73. The number of hydrogen-bond acceptors (Lipinski definition) is 3. The zero-order valence-corrected chi connectivity index (χ0v) is 20.2. The molecule has 1 fully saturated rings. The molecule has 9 heteroatoms. The topological polar surface area (TPSA) is 27.7 Å². The maximum absolute atomic E-state index is 14.6. The summed E-state index contributed by atoms with van der Waals surface area (Å²) in [5.41, 5.74) is -2.05. The number of benzene rings is 2. The van der Waals surface area contributed by atoms with E-state index in [1.165, 1.54) is 0 Å². The van der Waals surface area contributed by atoms with Gasteiger partial charge in [-0.05, 0) is 25.0 Å². The van der Waals surface area contributed by atoms with E-state index in [0.29, 0.717) is 26.1 Å². The fourth-order valence-corrected chi connectivity index (χ4v) is 3.73. The molecule has 0 unspecified atom stereocenters. The second-order valence-corrected chi connectivity index (χ2v) is 8.63. The van der Waals surface area contributed by atoms with Crippen LogP contribution in [0, 0.1) is 52.7 Å². The van der Waals surface area contributed by atoms with E-state index in [-0.39, 0.29) is 18.1 Å². The van der Waals surface area contributed by atoms with Crippen molar-refractivity contribution in [3.05, 3.63) is 63.7 Å². The van der Waals surface area contributed by atoms with Crippen LogP contribution >= 0.6 is 0 Å². The third-order valence-corrected chi connectivity index (χ3v) is 5.80. The molecule has 2 aromatic carbocycles. The van der Waals surface area contributed by atoms with E-state index in [1.54, 1.807) is 12.8 Å². The normalized spacial score (nSPS) is 17.6. The van der Waals surface area contributed by atoms with Crippen molar-refractivity contribution in [3.8, 4) is 17.6 Å². The predicted octanol–water partition coefficient (Wildman–Crippen LogP) is 7.34. The standard InChI is InChI=1S/C27H28F6O3/c1-3-5-7-8-16-14-35-27(36-15-16)17-12-20(28)18(21(29)13-17)9-10-19-22(30)24(32)26(25(33)23(19)31)34-11-6-4-2/h12-13,16,27H,3-8,11,14-15H2,1-2H3. The molecule has 1 aliphatic rings. The zero-order chi connectivity index (χ0) is 26.2. The van der Waals surface area contributed by atoms with Crippen LogP contribution in [0.15, 0.2) is 12.1 Å². The van der Waals surface area contributed by atoms with E-state index in [1.807, 2.05) is 5.92 Å². The fourth-order valence-electron chi connectivity index (χ4n) is 3.73. The van der Waals surface area contributed by atoms with Crippen molar-refractivity contribution < 1.29 is 40.6 Å². The summed E-state index contributed by atoms with van der Waals surface area (Å²) < 4.78 is 103. The first kappa shape index (κ1) is 27.9. The van der Waals surface area contributed by atoms with E-state index >= 15 is 0 Å². The average Bonchev–Trinajstić information content (AvgIpc) is 2.86. The lowest BCUT2D eigenvalue weighted by Crippen LogP contribution is -2.27. The SMILES string of the molecule is CCCCCC1COC(c2cc(F)c(C#Cc3c(F)c(F)c(OCCCC)c(F)c3F)c(F)c2)OC1. The van der Waals surface area contributed by atoms with Crippen molar-refractivity contribution in [2.75, 3.05) is 19.8 Å². The van der Waals surface area contributed by atoms with Gasteiger partial charge in [-0.15, -0.1) is 0 Å². The van der Waals surface area contributed by atoms with Crippen LogP contribution in [0.25, 0.3) is 0 Å². The van der Waals surface area contributed by atoms with E-state index in [0.717, 1.165) is 37.8 Å². The van der Waals surface area contributed by atoms with E-state index in [4.69, 9.17) is 14.2 Å². The van der Waals surface area contributed by atoms with Crippen molar-refractivity contribution in [3.63, 3.8) is 0 Å². The molecule has 0 atom stereocenters. The molecule has 0 aromatic heterocycles. The quantitative estimate of drug-likeness (QED) is 0.152. The smallest absolute Gasteiger partial charge is 0.205 e. The second-order valence-electron chi connectivity index (χ2n) is 8.63. The summed E-state index contributed by atoms with van der Waals surface area (Å²) in [6.07, 6.45) is 4.23. The van der Waals surface area contributed by atoms with Gasteiger partial charge in [0.05, 0.1) is 25.4 Å². The third kappa shape index (κ3) is 6.54. The molecular weight excluding hydrogens is 486 g/mol. The number of unbranched alkanes of at least 4 members (excludes halogenated alkanes) is 3. The second kappa shape index (κ2) is 13.0. The lowest BCUT2D eigenvalue weighted by atomic mass is 10.0. The van der Waals surface area contributed by atoms with Crippen LogP contribution in [0.3, 0.4) is 0 Å². The van der Waals surface area contributed by atoms with Crippen LogP contribution in [0.2, 0.25) is 0 Å². The Morgan fingerprint density at radius 2 is 1.33 bits per heavy atom.